The molecular weight excluding hydrogens is 340 g/mol. The smallest absolute Gasteiger partial charge is 0.191 e. The zero-order valence-corrected chi connectivity index (χ0v) is 16.5. The molecule has 0 spiro atoms. The van der Waals surface area contributed by atoms with E-state index < -0.39 is 0 Å². The predicted octanol–water partition coefficient (Wildman–Crippen LogP) is 2.34. The lowest BCUT2D eigenvalue weighted by atomic mass is 10.2. The Morgan fingerprint density at radius 1 is 1.22 bits per heavy atom. The van der Waals surface area contributed by atoms with Gasteiger partial charge in [-0.2, -0.15) is 0 Å². The topological polar surface area (TPSA) is 76.4 Å². The second kappa shape index (κ2) is 11.0. The minimum absolute atomic E-state index is 0.558. The number of hydrogen-bond acceptors (Lipinski definition) is 4. The molecular formula is C20H30N6O. The lowest BCUT2D eigenvalue weighted by Crippen LogP contribution is -2.41. The van der Waals surface area contributed by atoms with Crippen molar-refractivity contribution in [2.75, 3.05) is 26.2 Å². The van der Waals surface area contributed by atoms with Crippen molar-refractivity contribution >= 4 is 5.96 Å². The Bertz CT molecular complexity index is 735. The van der Waals surface area contributed by atoms with Crippen LogP contribution in [-0.4, -0.2) is 47.0 Å². The first kappa shape index (κ1) is 20.5. The van der Waals surface area contributed by atoms with E-state index in [0.29, 0.717) is 19.7 Å². The van der Waals surface area contributed by atoms with Crippen LogP contribution < -0.4 is 15.4 Å². The molecule has 7 heteroatoms. The van der Waals surface area contributed by atoms with Gasteiger partial charge in [-0.1, -0.05) is 36.8 Å². The molecule has 0 unspecified atom stereocenters. The number of nitrogens with one attached hydrogen (secondary N) is 2. The summed E-state index contributed by atoms with van der Waals surface area (Å²) in [6, 6.07) is 8.04. The van der Waals surface area contributed by atoms with E-state index in [1.807, 2.05) is 35.8 Å². The van der Waals surface area contributed by atoms with Gasteiger partial charge < -0.3 is 19.9 Å². The van der Waals surface area contributed by atoms with Gasteiger partial charge in [0.05, 0.1) is 13.1 Å². The first-order valence-corrected chi connectivity index (χ1v) is 9.31. The molecule has 0 aliphatic rings. The van der Waals surface area contributed by atoms with Crippen LogP contribution in [0.4, 0.5) is 0 Å². The number of rotatable bonds is 10. The average molecular weight is 371 g/mol. The molecule has 27 heavy (non-hydrogen) atoms. The van der Waals surface area contributed by atoms with Gasteiger partial charge in [0.1, 0.15) is 24.5 Å². The van der Waals surface area contributed by atoms with E-state index in [0.717, 1.165) is 42.6 Å². The Morgan fingerprint density at radius 2 is 1.96 bits per heavy atom. The van der Waals surface area contributed by atoms with E-state index in [4.69, 9.17) is 4.74 Å². The third kappa shape index (κ3) is 7.52. The number of aryl methyl sites for hydroxylation is 2. The summed E-state index contributed by atoms with van der Waals surface area (Å²) >= 11 is 0. The van der Waals surface area contributed by atoms with Crippen LogP contribution in [0.1, 0.15) is 25.2 Å². The van der Waals surface area contributed by atoms with Crippen molar-refractivity contribution in [1.29, 1.82) is 0 Å². The number of aromatic nitrogens is 3. The highest BCUT2D eigenvalue weighted by Crippen LogP contribution is 2.10. The number of hydrogen-bond donors (Lipinski definition) is 2. The fourth-order valence-corrected chi connectivity index (χ4v) is 2.40. The van der Waals surface area contributed by atoms with Crippen LogP contribution in [0.25, 0.3) is 0 Å². The van der Waals surface area contributed by atoms with E-state index in [2.05, 4.69) is 46.2 Å². The summed E-state index contributed by atoms with van der Waals surface area (Å²) in [6.45, 7) is 13.3. The van der Waals surface area contributed by atoms with Crippen molar-refractivity contribution in [3.8, 4) is 5.75 Å². The van der Waals surface area contributed by atoms with Crippen LogP contribution in [0.3, 0.4) is 0 Å². The van der Waals surface area contributed by atoms with Gasteiger partial charge >= 0.3 is 0 Å². The standard InChI is InChI=1S/C20H30N6O/c1-5-19-25-24-15-26(19)12-10-21-20(23-14-16(2)3)22-11-13-27-18-8-6-17(4)7-9-18/h6-9,15H,2,5,10-14H2,1,3-4H3,(H2,21,22,23). The second-order valence-electron chi connectivity index (χ2n) is 6.43. The molecule has 0 saturated carbocycles. The Labute approximate surface area is 161 Å². The van der Waals surface area contributed by atoms with Crippen molar-refractivity contribution in [3.63, 3.8) is 0 Å². The third-order valence-electron chi connectivity index (χ3n) is 3.85. The van der Waals surface area contributed by atoms with Crippen LogP contribution >= 0.6 is 0 Å². The zero-order chi connectivity index (χ0) is 19.5. The maximum Gasteiger partial charge on any atom is 0.191 e. The molecule has 0 aliphatic heterocycles. The summed E-state index contributed by atoms with van der Waals surface area (Å²) in [4.78, 5) is 4.54. The largest absolute Gasteiger partial charge is 0.492 e. The molecule has 0 amide bonds. The predicted molar refractivity (Wildman–Crippen MR) is 109 cm³/mol. The first-order chi connectivity index (χ1) is 13.1. The fraction of sp³-hybridized carbons (Fsp3) is 0.450. The number of guanidine groups is 1. The van der Waals surface area contributed by atoms with Crippen LogP contribution in [-0.2, 0) is 13.0 Å². The fourth-order valence-electron chi connectivity index (χ4n) is 2.40. The van der Waals surface area contributed by atoms with Gasteiger partial charge in [-0.25, -0.2) is 4.99 Å². The van der Waals surface area contributed by atoms with E-state index in [1.165, 1.54) is 5.56 Å². The monoisotopic (exact) mass is 370 g/mol. The normalized spacial score (nSPS) is 11.3. The molecule has 1 aromatic heterocycles. The molecule has 0 saturated heterocycles. The van der Waals surface area contributed by atoms with Gasteiger partial charge in [-0.3, -0.25) is 0 Å². The zero-order valence-electron chi connectivity index (χ0n) is 16.5. The molecule has 2 aromatic rings. The minimum atomic E-state index is 0.558. The quantitative estimate of drug-likeness (QED) is 0.291. The maximum atomic E-state index is 5.75. The molecule has 0 fully saturated rings. The van der Waals surface area contributed by atoms with Gasteiger partial charge in [0.25, 0.3) is 0 Å². The van der Waals surface area contributed by atoms with Gasteiger partial charge in [-0.05, 0) is 26.0 Å². The summed E-state index contributed by atoms with van der Waals surface area (Å²) in [5.74, 6) is 2.60. The lowest BCUT2D eigenvalue weighted by molar-refractivity contribution is 0.322. The summed E-state index contributed by atoms with van der Waals surface area (Å²) in [5, 5.41) is 14.7. The van der Waals surface area contributed by atoms with E-state index in [-0.39, 0.29) is 0 Å². The van der Waals surface area contributed by atoms with Crippen molar-refractivity contribution in [3.05, 3.63) is 54.1 Å². The number of ether oxygens (including phenoxy) is 1. The van der Waals surface area contributed by atoms with Crippen molar-refractivity contribution < 1.29 is 4.74 Å². The molecule has 7 nitrogen and oxygen atoms in total. The van der Waals surface area contributed by atoms with Gasteiger partial charge in [0.15, 0.2) is 5.96 Å². The summed E-state index contributed by atoms with van der Waals surface area (Å²) in [7, 11) is 0. The van der Waals surface area contributed by atoms with Crippen LogP contribution in [0.5, 0.6) is 5.75 Å². The van der Waals surface area contributed by atoms with Crippen molar-refractivity contribution in [2.45, 2.75) is 33.7 Å². The minimum Gasteiger partial charge on any atom is -0.492 e. The van der Waals surface area contributed by atoms with Crippen LogP contribution in [0.15, 0.2) is 47.7 Å². The molecule has 0 atom stereocenters. The Hall–Kier alpha value is -2.83. The highest BCUT2D eigenvalue weighted by Gasteiger charge is 2.03. The van der Waals surface area contributed by atoms with Gasteiger partial charge in [-0.15, -0.1) is 10.2 Å². The number of benzene rings is 1. The highest BCUT2D eigenvalue weighted by atomic mass is 16.5. The van der Waals surface area contributed by atoms with E-state index in [9.17, 15) is 0 Å². The Balaban J connectivity index is 1.78. The van der Waals surface area contributed by atoms with Crippen LogP contribution in [0.2, 0.25) is 0 Å². The number of aliphatic imine (C=N–C) groups is 1. The van der Waals surface area contributed by atoms with Crippen molar-refractivity contribution in [1.82, 2.24) is 25.4 Å². The van der Waals surface area contributed by atoms with E-state index in [1.54, 1.807) is 6.33 Å². The average Bonchev–Trinajstić information content (AvgIpc) is 3.11. The summed E-state index contributed by atoms with van der Waals surface area (Å²) < 4.78 is 7.79. The Morgan fingerprint density at radius 3 is 2.67 bits per heavy atom. The third-order valence-corrected chi connectivity index (χ3v) is 3.85. The lowest BCUT2D eigenvalue weighted by Gasteiger charge is -2.14. The molecule has 1 heterocycles. The maximum absolute atomic E-state index is 5.75. The Kier molecular flexibility index (Phi) is 8.35. The van der Waals surface area contributed by atoms with Crippen molar-refractivity contribution in [2.24, 2.45) is 4.99 Å². The molecule has 0 aliphatic carbocycles. The number of nitrogens with zero attached hydrogens (tertiary/aromatic N) is 4. The molecule has 2 N–H and O–H groups in total. The highest BCUT2D eigenvalue weighted by molar-refractivity contribution is 5.79. The SMILES string of the molecule is C=C(C)CN=C(NCCOc1ccc(C)cc1)NCCn1cnnc1CC. The first-order valence-electron chi connectivity index (χ1n) is 9.31. The molecule has 1 aromatic carbocycles. The molecule has 0 radical (unpaired) electrons. The molecule has 2 rings (SSSR count). The van der Waals surface area contributed by atoms with Crippen LogP contribution in [0, 0.1) is 6.92 Å². The second-order valence-corrected chi connectivity index (χ2v) is 6.43. The summed E-state index contributed by atoms with van der Waals surface area (Å²) in [5.41, 5.74) is 2.23. The molecule has 0 bridgehead atoms. The summed E-state index contributed by atoms with van der Waals surface area (Å²) in [6.07, 6.45) is 2.62. The van der Waals surface area contributed by atoms with Gasteiger partial charge in [0.2, 0.25) is 0 Å². The molecule has 146 valence electrons. The van der Waals surface area contributed by atoms with E-state index >= 15 is 0 Å². The van der Waals surface area contributed by atoms with Gasteiger partial charge in [0, 0.05) is 19.5 Å².